The van der Waals surface area contributed by atoms with Gasteiger partial charge in [-0.1, -0.05) is 23.7 Å². The third kappa shape index (κ3) is 3.67. The Balaban J connectivity index is 2.26. The number of methoxy groups -OCH3 is 1. The van der Waals surface area contributed by atoms with E-state index in [1.807, 2.05) is 12.1 Å². The average Bonchev–Trinajstić information content (AvgIpc) is 2.38. The first-order valence-electron chi connectivity index (χ1n) is 5.88. The van der Waals surface area contributed by atoms with Crippen molar-refractivity contribution >= 4 is 11.6 Å². The van der Waals surface area contributed by atoms with Gasteiger partial charge in [-0.2, -0.15) is 13.2 Å². The minimum atomic E-state index is -4.39. The first-order chi connectivity index (χ1) is 9.38. The van der Waals surface area contributed by atoms with Gasteiger partial charge in [-0.15, -0.1) is 0 Å². The second kappa shape index (κ2) is 5.75. The van der Waals surface area contributed by atoms with Crippen LogP contribution in [0.3, 0.4) is 0 Å². The van der Waals surface area contributed by atoms with Gasteiger partial charge in [0.15, 0.2) is 0 Å². The fourth-order valence-electron chi connectivity index (χ4n) is 1.90. The standard InChI is InChI=1S/C15H12ClF3O/c1-20-14-4-2-10(3-5-14)6-11-7-12(15(17,18)19)9-13(16)8-11/h2-5,7-9H,6H2,1H3. The minimum Gasteiger partial charge on any atom is -0.497 e. The fraction of sp³-hybridized carbons (Fsp3) is 0.200. The summed E-state index contributed by atoms with van der Waals surface area (Å²) in [5.74, 6) is 0.704. The summed E-state index contributed by atoms with van der Waals surface area (Å²) in [6.45, 7) is 0. The molecule has 0 aliphatic carbocycles. The highest BCUT2D eigenvalue weighted by Crippen LogP contribution is 2.32. The molecule has 2 rings (SSSR count). The second-order valence-corrected chi connectivity index (χ2v) is 4.81. The van der Waals surface area contributed by atoms with E-state index in [9.17, 15) is 13.2 Å². The van der Waals surface area contributed by atoms with Crippen molar-refractivity contribution in [1.29, 1.82) is 0 Å². The fourth-order valence-corrected chi connectivity index (χ4v) is 2.15. The Bertz CT molecular complexity index is 591. The maximum atomic E-state index is 12.7. The lowest BCUT2D eigenvalue weighted by Crippen LogP contribution is -2.05. The molecule has 0 spiro atoms. The van der Waals surface area contributed by atoms with Crippen LogP contribution in [0.25, 0.3) is 0 Å². The maximum absolute atomic E-state index is 12.7. The smallest absolute Gasteiger partial charge is 0.416 e. The van der Waals surface area contributed by atoms with E-state index in [0.717, 1.165) is 17.7 Å². The van der Waals surface area contributed by atoms with Crippen LogP contribution in [0.4, 0.5) is 13.2 Å². The Morgan fingerprint density at radius 1 is 1.00 bits per heavy atom. The van der Waals surface area contributed by atoms with Gasteiger partial charge in [-0.25, -0.2) is 0 Å². The SMILES string of the molecule is COc1ccc(Cc2cc(Cl)cc(C(F)(F)F)c2)cc1. The van der Waals surface area contributed by atoms with Crippen LogP contribution in [0.5, 0.6) is 5.75 Å². The van der Waals surface area contributed by atoms with Gasteiger partial charge in [0.25, 0.3) is 0 Å². The highest BCUT2D eigenvalue weighted by Gasteiger charge is 2.31. The second-order valence-electron chi connectivity index (χ2n) is 4.37. The van der Waals surface area contributed by atoms with Crippen molar-refractivity contribution < 1.29 is 17.9 Å². The van der Waals surface area contributed by atoms with Crippen molar-refractivity contribution in [3.63, 3.8) is 0 Å². The van der Waals surface area contributed by atoms with Gasteiger partial charge < -0.3 is 4.74 Å². The number of benzene rings is 2. The molecule has 5 heteroatoms. The molecule has 0 bridgehead atoms. The molecule has 0 saturated heterocycles. The van der Waals surface area contributed by atoms with E-state index < -0.39 is 11.7 Å². The predicted molar refractivity (Wildman–Crippen MR) is 72.3 cm³/mol. The van der Waals surface area contributed by atoms with Crippen LogP contribution < -0.4 is 4.74 Å². The highest BCUT2D eigenvalue weighted by molar-refractivity contribution is 6.30. The molecule has 0 aromatic heterocycles. The molecule has 20 heavy (non-hydrogen) atoms. The molecule has 1 nitrogen and oxygen atoms in total. The van der Waals surface area contributed by atoms with Gasteiger partial charge in [-0.3, -0.25) is 0 Å². The van der Waals surface area contributed by atoms with Crippen LogP contribution in [0.1, 0.15) is 16.7 Å². The number of halogens is 4. The Hall–Kier alpha value is -1.68. The normalized spacial score (nSPS) is 11.4. The number of hydrogen-bond donors (Lipinski definition) is 0. The van der Waals surface area contributed by atoms with E-state index in [0.29, 0.717) is 17.7 Å². The van der Waals surface area contributed by atoms with Crippen LogP contribution >= 0.6 is 11.6 Å². The van der Waals surface area contributed by atoms with Crippen molar-refractivity contribution in [2.75, 3.05) is 7.11 Å². The van der Waals surface area contributed by atoms with Crippen molar-refractivity contribution in [1.82, 2.24) is 0 Å². The summed E-state index contributed by atoms with van der Waals surface area (Å²) in [7, 11) is 1.56. The summed E-state index contributed by atoms with van der Waals surface area (Å²) >= 11 is 5.75. The number of alkyl halides is 3. The summed E-state index contributed by atoms with van der Waals surface area (Å²) in [5.41, 5.74) is 0.685. The number of rotatable bonds is 3. The molecule has 0 heterocycles. The Kier molecular flexibility index (Phi) is 4.23. The molecule has 0 N–H and O–H groups in total. The lowest BCUT2D eigenvalue weighted by molar-refractivity contribution is -0.137. The van der Waals surface area contributed by atoms with Gasteiger partial charge in [-0.05, 0) is 47.9 Å². The summed E-state index contributed by atoms with van der Waals surface area (Å²) in [6, 6.07) is 10.8. The molecular formula is C15H12ClF3O. The monoisotopic (exact) mass is 300 g/mol. The van der Waals surface area contributed by atoms with Crippen LogP contribution in [-0.2, 0) is 12.6 Å². The topological polar surface area (TPSA) is 9.23 Å². The zero-order chi connectivity index (χ0) is 14.8. The van der Waals surface area contributed by atoms with E-state index in [4.69, 9.17) is 16.3 Å². The van der Waals surface area contributed by atoms with Crippen molar-refractivity contribution in [3.8, 4) is 5.75 Å². The highest BCUT2D eigenvalue weighted by atomic mass is 35.5. The average molecular weight is 301 g/mol. The third-order valence-electron chi connectivity index (χ3n) is 2.85. The van der Waals surface area contributed by atoms with Crippen molar-refractivity contribution in [3.05, 3.63) is 64.2 Å². The van der Waals surface area contributed by atoms with E-state index in [-0.39, 0.29) is 5.02 Å². The molecular weight excluding hydrogens is 289 g/mol. The van der Waals surface area contributed by atoms with E-state index >= 15 is 0 Å². The lowest BCUT2D eigenvalue weighted by atomic mass is 10.0. The van der Waals surface area contributed by atoms with Crippen LogP contribution in [0.15, 0.2) is 42.5 Å². The molecule has 2 aromatic rings. The molecule has 0 atom stereocenters. The van der Waals surface area contributed by atoms with Crippen molar-refractivity contribution in [2.45, 2.75) is 12.6 Å². The third-order valence-corrected chi connectivity index (χ3v) is 3.07. The first kappa shape index (κ1) is 14.7. The van der Waals surface area contributed by atoms with Gasteiger partial charge in [0.05, 0.1) is 12.7 Å². The van der Waals surface area contributed by atoms with Crippen LogP contribution in [-0.4, -0.2) is 7.11 Å². The number of ether oxygens (including phenoxy) is 1. The van der Waals surface area contributed by atoms with Crippen LogP contribution in [0.2, 0.25) is 5.02 Å². The Morgan fingerprint density at radius 2 is 1.65 bits per heavy atom. The Morgan fingerprint density at radius 3 is 2.20 bits per heavy atom. The zero-order valence-corrected chi connectivity index (χ0v) is 11.4. The summed E-state index contributed by atoms with van der Waals surface area (Å²) in [5, 5.41) is 0.0864. The van der Waals surface area contributed by atoms with Gasteiger partial charge >= 0.3 is 6.18 Å². The molecule has 2 aromatic carbocycles. The maximum Gasteiger partial charge on any atom is 0.416 e. The van der Waals surface area contributed by atoms with E-state index in [2.05, 4.69) is 0 Å². The Labute approximate surface area is 119 Å². The number of hydrogen-bond acceptors (Lipinski definition) is 1. The molecule has 106 valence electrons. The largest absolute Gasteiger partial charge is 0.497 e. The molecule has 0 aliphatic rings. The molecule has 0 fully saturated rings. The summed E-state index contributed by atoms with van der Waals surface area (Å²) < 4.78 is 43.2. The van der Waals surface area contributed by atoms with Crippen molar-refractivity contribution in [2.24, 2.45) is 0 Å². The quantitative estimate of drug-likeness (QED) is 0.778. The van der Waals surface area contributed by atoms with E-state index in [1.54, 1.807) is 25.3 Å². The summed E-state index contributed by atoms with van der Waals surface area (Å²) in [6.07, 6.45) is -4.01. The molecule has 0 unspecified atom stereocenters. The molecule has 0 radical (unpaired) electrons. The predicted octanol–water partition coefficient (Wildman–Crippen LogP) is 4.96. The summed E-state index contributed by atoms with van der Waals surface area (Å²) in [4.78, 5) is 0. The van der Waals surface area contributed by atoms with E-state index in [1.165, 1.54) is 0 Å². The minimum absolute atomic E-state index is 0.0864. The molecule has 0 saturated carbocycles. The van der Waals surface area contributed by atoms with Crippen LogP contribution in [0, 0.1) is 0 Å². The van der Waals surface area contributed by atoms with Gasteiger partial charge in [0.2, 0.25) is 0 Å². The molecule has 0 amide bonds. The first-order valence-corrected chi connectivity index (χ1v) is 6.26. The zero-order valence-electron chi connectivity index (χ0n) is 10.7. The molecule has 0 aliphatic heterocycles. The lowest BCUT2D eigenvalue weighted by Gasteiger charge is -2.10. The van der Waals surface area contributed by atoms with Gasteiger partial charge in [0.1, 0.15) is 5.75 Å². The van der Waals surface area contributed by atoms with Gasteiger partial charge in [0, 0.05) is 5.02 Å².